The number of aromatic nitrogens is 2. The molecule has 0 saturated carbocycles. The smallest absolute Gasteiger partial charge is 0.334 e. The number of hydrogen-bond acceptors (Lipinski definition) is 6. The van der Waals surface area contributed by atoms with Crippen molar-refractivity contribution in [1.29, 1.82) is 0 Å². The van der Waals surface area contributed by atoms with Gasteiger partial charge >= 0.3 is 6.03 Å². The molecule has 2 amide bonds. The summed E-state index contributed by atoms with van der Waals surface area (Å²) in [4.78, 5) is 16.0. The Balaban J connectivity index is 1.87. The van der Waals surface area contributed by atoms with E-state index in [-0.39, 0.29) is 10.0 Å². The lowest BCUT2D eigenvalue weighted by molar-refractivity contribution is 0.188. The summed E-state index contributed by atoms with van der Waals surface area (Å²) < 4.78 is 35.0. The van der Waals surface area contributed by atoms with Crippen LogP contribution in [0, 0.1) is 0 Å². The van der Waals surface area contributed by atoms with Gasteiger partial charge in [-0.2, -0.15) is 0 Å². The van der Waals surface area contributed by atoms with Crippen molar-refractivity contribution in [3.05, 3.63) is 40.4 Å². The number of ether oxygens (including phenoxy) is 1. The lowest BCUT2D eigenvalue weighted by atomic mass is 10.2. The van der Waals surface area contributed by atoms with Crippen LogP contribution in [0.15, 0.2) is 45.3 Å². The highest BCUT2D eigenvalue weighted by atomic mass is 79.9. The van der Waals surface area contributed by atoms with Crippen molar-refractivity contribution in [3.8, 4) is 0 Å². The number of carbonyl (C=O) groups is 1. The molecule has 0 saturated heterocycles. The molecular weight excluding hydrogens is 444 g/mol. The molecule has 2 N–H and O–H groups in total. The predicted octanol–water partition coefficient (Wildman–Crippen LogP) is 3.02. The Bertz CT molecular complexity index is 1050. The minimum atomic E-state index is -4.06. The van der Waals surface area contributed by atoms with Crippen molar-refractivity contribution in [3.63, 3.8) is 0 Å². The second kappa shape index (κ2) is 7.74. The van der Waals surface area contributed by atoms with Crippen molar-refractivity contribution in [1.82, 2.24) is 14.3 Å². The number of urea groups is 1. The number of methoxy groups -OCH3 is 1. The number of benzene rings is 1. The van der Waals surface area contributed by atoms with Gasteiger partial charge in [0, 0.05) is 30.8 Å². The highest BCUT2D eigenvalue weighted by Gasteiger charge is 2.23. The molecule has 8 nitrogen and oxygen atoms in total. The first-order chi connectivity index (χ1) is 12.4. The monoisotopic (exact) mass is 458 g/mol. The Morgan fingerprint density at radius 3 is 2.85 bits per heavy atom. The molecule has 0 aliphatic carbocycles. The maximum Gasteiger partial charge on any atom is 0.334 e. The minimum Gasteiger partial charge on any atom is -0.383 e. The summed E-state index contributed by atoms with van der Waals surface area (Å²) in [6.45, 7) is 0.927. The standard InChI is InChI=1S/C15H15BrN4O4S2/c1-24-7-6-20-9-12(10-4-2-3-5-11(10)20)26(22,23)19-14(21)18-15-17-8-13(16)25-15/h2-5,8-9H,6-7H2,1H3,(H2,17,18,19,21). The van der Waals surface area contributed by atoms with E-state index >= 15 is 0 Å². The molecule has 0 atom stereocenters. The van der Waals surface area contributed by atoms with E-state index in [4.69, 9.17) is 4.74 Å². The SMILES string of the molecule is COCCn1cc(S(=O)(=O)NC(=O)Nc2ncc(Br)s2)c2ccccc21. The number of para-hydroxylation sites is 1. The third kappa shape index (κ3) is 4.06. The van der Waals surface area contributed by atoms with E-state index in [9.17, 15) is 13.2 Å². The van der Waals surface area contributed by atoms with Crippen LogP contribution in [0.2, 0.25) is 0 Å². The normalized spacial score (nSPS) is 11.6. The molecule has 3 rings (SSSR count). The zero-order valence-electron chi connectivity index (χ0n) is 13.6. The summed E-state index contributed by atoms with van der Waals surface area (Å²) >= 11 is 4.40. The van der Waals surface area contributed by atoms with Gasteiger partial charge < -0.3 is 9.30 Å². The van der Waals surface area contributed by atoms with Gasteiger partial charge in [-0.15, -0.1) is 0 Å². The molecule has 11 heteroatoms. The predicted molar refractivity (Wildman–Crippen MR) is 103 cm³/mol. The van der Waals surface area contributed by atoms with Crippen molar-refractivity contribution in [2.75, 3.05) is 19.0 Å². The van der Waals surface area contributed by atoms with Gasteiger partial charge in [-0.05, 0) is 22.0 Å². The molecule has 138 valence electrons. The average Bonchev–Trinajstić information content (AvgIpc) is 3.16. The fraction of sp³-hybridized carbons (Fsp3) is 0.200. The lowest BCUT2D eigenvalue weighted by Gasteiger charge is -2.06. The molecule has 2 aromatic heterocycles. The Kier molecular flexibility index (Phi) is 5.61. The molecule has 3 aromatic rings. The van der Waals surface area contributed by atoms with E-state index in [1.807, 2.05) is 16.9 Å². The first kappa shape index (κ1) is 18.8. The second-order valence-electron chi connectivity index (χ2n) is 5.23. The molecule has 2 heterocycles. The number of nitrogens with zero attached hydrogens (tertiary/aromatic N) is 2. The highest BCUT2D eigenvalue weighted by Crippen LogP contribution is 2.26. The van der Waals surface area contributed by atoms with Gasteiger partial charge in [0.15, 0.2) is 5.13 Å². The summed E-state index contributed by atoms with van der Waals surface area (Å²) in [7, 11) is -2.49. The summed E-state index contributed by atoms with van der Waals surface area (Å²) in [6, 6.07) is 6.21. The summed E-state index contributed by atoms with van der Waals surface area (Å²) in [5, 5.41) is 3.21. The van der Waals surface area contributed by atoms with E-state index in [1.54, 1.807) is 23.8 Å². The molecule has 0 spiro atoms. The van der Waals surface area contributed by atoms with Crippen LogP contribution in [0.4, 0.5) is 9.93 Å². The summed E-state index contributed by atoms with van der Waals surface area (Å²) in [6.07, 6.45) is 3.01. The van der Waals surface area contributed by atoms with E-state index in [2.05, 4.69) is 26.2 Å². The van der Waals surface area contributed by atoms with Crippen LogP contribution in [0.3, 0.4) is 0 Å². The second-order valence-corrected chi connectivity index (χ2v) is 9.29. The number of nitrogens with one attached hydrogen (secondary N) is 2. The number of fused-ring (bicyclic) bond motifs is 1. The number of carbonyl (C=O) groups excluding carboxylic acids is 1. The van der Waals surface area contributed by atoms with E-state index in [1.165, 1.54) is 23.7 Å². The van der Waals surface area contributed by atoms with Crippen molar-refractivity contribution >= 4 is 59.4 Å². The fourth-order valence-electron chi connectivity index (χ4n) is 2.41. The number of amides is 2. The molecule has 0 aliphatic heterocycles. The van der Waals surface area contributed by atoms with Crippen LogP contribution in [-0.2, 0) is 21.3 Å². The van der Waals surface area contributed by atoms with E-state index in [0.717, 1.165) is 9.30 Å². The zero-order chi connectivity index (χ0) is 18.7. The molecule has 0 aliphatic rings. The first-order valence-electron chi connectivity index (χ1n) is 7.42. The highest BCUT2D eigenvalue weighted by molar-refractivity contribution is 9.11. The van der Waals surface area contributed by atoms with Crippen LogP contribution in [-0.4, -0.2) is 37.7 Å². The number of sulfonamides is 1. The Labute approximate surface area is 162 Å². The maximum absolute atomic E-state index is 12.7. The average molecular weight is 459 g/mol. The van der Waals surface area contributed by atoms with Crippen LogP contribution < -0.4 is 10.0 Å². The molecule has 0 unspecified atom stereocenters. The number of thiazole rings is 1. The largest absolute Gasteiger partial charge is 0.383 e. The van der Waals surface area contributed by atoms with Crippen LogP contribution >= 0.6 is 27.3 Å². The minimum absolute atomic E-state index is 0.0275. The fourth-order valence-corrected chi connectivity index (χ4v) is 4.65. The topological polar surface area (TPSA) is 102 Å². The van der Waals surface area contributed by atoms with Gasteiger partial charge in [-0.1, -0.05) is 29.5 Å². The third-order valence-electron chi connectivity index (χ3n) is 3.50. The lowest BCUT2D eigenvalue weighted by Crippen LogP contribution is -2.34. The van der Waals surface area contributed by atoms with Crippen LogP contribution in [0.25, 0.3) is 10.9 Å². The maximum atomic E-state index is 12.7. The number of hydrogen-bond donors (Lipinski definition) is 2. The van der Waals surface area contributed by atoms with Crippen molar-refractivity contribution in [2.24, 2.45) is 0 Å². The number of anilines is 1. The summed E-state index contributed by atoms with van der Waals surface area (Å²) in [5.74, 6) is 0. The Morgan fingerprint density at radius 1 is 1.38 bits per heavy atom. The van der Waals surface area contributed by atoms with Crippen LogP contribution in [0.1, 0.15) is 0 Å². The quantitative estimate of drug-likeness (QED) is 0.590. The summed E-state index contributed by atoms with van der Waals surface area (Å²) in [5.41, 5.74) is 0.745. The van der Waals surface area contributed by atoms with Crippen molar-refractivity contribution in [2.45, 2.75) is 11.4 Å². The van der Waals surface area contributed by atoms with Crippen LogP contribution in [0.5, 0.6) is 0 Å². The Morgan fingerprint density at radius 2 is 2.15 bits per heavy atom. The molecule has 0 radical (unpaired) electrons. The molecule has 0 fully saturated rings. The Hall–Kier alpha value is -1.95. The third-order valence-corrected chi connectivity index (χ3v) is 6.25. The van der Waals surface area contributed by atoms with Crippen molar-refractivity contribution < 1.29 is 17.9 Å². The number of rotatable bonds is 6. The van der Waals surface area contributed by atoms with Gasteiger partial charge in [0.2, 0.25) is 0 Å². The zero-order valence-corrected chi connectivity index (χ0v) is 16.8. The molecule has 1 aromatic carbocycles. The molecular formula is C15H15BrN4O4S2. The molecule has 0 bridgehead atoms. The molecule has 26 heavy (non-hydrogen) atoms. The van der Waals surface area contributed by atoms with Gasteiger partial charge in [-0.25, -0.2) is 22.9 Å². The van der Waals surface area contributed by atoms with Gasteiger partial charge in [-0.3, -0.25) is 5.32 Å². The van der Waals surface area contributed by atoms with Gasteiger partial charge in [0.05, 0.1) is 16.6 Å². The van der Waals surface area contributed by atoms with E-state index in [0.29, 0.717) is 18.5 Å². The first-order valence-corrected chi connectivity index (χ1v) is 10.5. The van der Waals surface area contributed by atoms with E-state index < -0.39 is 16.1 Å². The number of halogens is 1. The van der Waals surface area contributed by atoms with Gasteiger partial charge in [0.25, 0.3) is 10.0 Å². The van der Waals surface area contributed by atoms with Gasteiger partial charge in [0.1, 0.15) is 4.90 Å².